The molecular weight excluding hydrogens is 214 g/mol. The van der Waals surface area contributed by atoms with Crippen molar-refractivity contribution in [3.8, 4) is 5.75 Å². The molecular formula is C10H11NO3S. The predicted molar refractivity (Wildman–Crippen MR) is 58.4 cm³/mol. The molecule has 5 heteroatoms. The van der Waals surface area contributed by atoms with E-state index in [1.807, 2.05) is 0 Å². The van der Waals surface area contributed by atoms with E-state index in [1.165, 1.54) is 4.90 Å². The largest absolute Gasteiger partial charge is 0.508 e. The standard InChI is InChI=1S/C10H11NO3S/c12-7-3-1-6(2-4-7)8-5-11(9(8)15)10(13)14/h1-4,8-9,12,15H,5H2,(H,13,14). The van der Waals surface area contributed by atoms with Crippen molar-refractivity contribution in [2.24, 2.45) is 0 Å². The van der Waals surface area contributed by atoms with Gasteiger partial charge in [-0.3, -0.25) is 4.90 Å². The van der Waals surface area contributed by atoms with Crippen LogP contribution in [0.1, 0.15) is 11.5 Å². The van der Waals surface area contributed by atoms with Crippen molar-refractivity contribution < 1.29 is 15.0 Å². The molecule has 1 aromatic carbocycles. The van der Waals surface area contributed by atoms with E-state index in [4.69, 9.17) is 10.2 Å². The van der Waals surface area contributed by atoms with Gasteiger partial charge in [-0.1, -0.05) is 12.1 Å². The topological polar surface area (TPSA) is 60.8 Å². The first-order chi connectivity index (χ1) is 7.09. The fourth-order valence-corrected chi connectivity index (χ4v) is 2.14. The highest BCUT2D eigenvalue weighted by atomic mass is 32.1. The summed E-state index contributed by atoms with van der Waals surface area (Å²) < 4.78 is 0. The molecule has 80 valence electrons. The second-order valence-corrected chi connectivity index (χ2v) is 4.08. The Labute approximate surface area is 92.6 Å². The number of aromatic hydroxyl groups is 1. The van der Waals surface area contributed by atoms with Crippen LogP contribution in [0.15, 0.2) is 24.3 Å². The quantitative estimate of drug-likeness (QED) is 0.638. The molecule has 0 radical (unpaired) electrons. The Morgan fingerprint density at radius 1 is 1.40 bits per heavy atom. The minimum absolute atomic E-state index is 0.116. The number of thiol groups is 1. The number of hydrogen-bond donors (Lipinski definition) is 3. The predicted octanol–water partition coefficient (Wildman–Crippen LogP) is 1.73. The molecule has 0 bridgehead atoms. The van der Waals surface area contributed by atoms with Gasteiger partial charge in [-0.15, -0.1) is 0 Å². The van der Waals surface area contributed by atoms with Gasteiger partial charge in [-0.25, -0.2) is 4.79 Å². The highest BCUT2D eigenvalue weighted by Gasteiger charge is 2.40. The Hall–Kier alpha value is -1.36. The highest BCUT2D eigenvalue weighted by molar-refractivity contribution is 7.81. The molecule has 2 atom stereocenters. The third-order valence-electron chi connectivity index (χ3n) is 2.64. The SMILES string of the molecule is O=C(O)N1CC(c2ccc(O)cc2)C1S. The maximum atomic E-state index is 10.7. The molecule has 0 aliphatic carbocycles. The van der Waals surface area contributed by atoms with Crippen LogP contribution >= 0.6 is 12.6 Å². The monoisotopic (exact) mass is 225 g/mol. The first-order valence-electron chi connectivity index (χ1n) is 4.56. The van der Waals surface area contributed by atoms with Gasteiger partial charge in [0.05, 0.1) is 5.37 Å². The van der Waals surface area contributed by atoms with Crippen LogP contribution in [0.25, 0.3) is 0 Å². The lowest BCUT2D eigenvalue weighted by atomic mass is 9.91. The zero-order chi connectivity index (χ0) is 11.0. The van der Waals surface area contributed by atoms with Crippen LogP contribution in [-0.4, -0.2) is 33.1 Å². The number of hydrogen-bond acceptors (Lipinski definition) is 3. The van der Waals surface area contributed by atoms with Crippen LogP contribution in [0.3, 0.4) is 0 Å². The molecule has 1 heterocycles. The van der Waals surface area contributed by atoms with Crippen molar-refractivity contribution in [2.75, 3.05) is 6.54 Å². The Morgan fingerprint density at radius 3 is 2.47 bits per heavy atom. The second-order valence-electron chi connectivity index (χ2n) is 3.55. The van der Waals surface area contributed by atoms with Crippen LogP contribution in [0.4, 0.5) is 4.79 Å². The van der Waals surface area contributed by atoms with E-state index in [2.05, 4.69) is 12.6 Å². The highest BCUT2D eigenvalue weighted by Crippen LogP contribution is 2.36. The molecule has 0 saturated carbocycles. The second kappa shape index (κ2) is 3.66. The minimum atomic E-state index is -0.940. The molecule has 2 N–H and O–H groups in total. The Balaban J connectivity index is 2.09. The van der Waals surface area contributed by atoms with Gasteiger partial charge < -0.3 is 10.2 Å². The number of benzene rings is 1. The van der Waals surface area contributed by atoms with Crippen LogP contribution in [-0.2, 0) is 0 Å². The molecule has 1 fully saturated rings. The fourth-order valence-electron chi connectivity index (χ4n) is 1.68. The Kier molecular flexibility index (Phi) is 2.48. The summed E-state index contributed by atoms with van der Waals surface area (Å²) in [5, 5.41) is 17.6. The van der Waals surface area contributed by atoms with Gasteiger partial charge in [0, 0.05) is 12.5 Å². The van der Waals surface area contributed by atoms with Crippen LogP contribution in [0.2, 0.25) is 0 Å². The van der Waals surface area contributed by atoms with Gasteiger partial charge in [-0.05, 0) is 17.7 Å². The average molecular weight is 225 g/mol. The molecule has 2 rings (SSSR count). The molecule has 4 nitrogen and oxygen atoms in total. The van der Waals surface area contributed by atoms with Gasteiger partial charge in [0.25, 0.3) is 0 Å². The van der Waals surface area contributed by atoms with E-state index in [-0.39, 0.29) is 17.0 Å². The van der Waals surface area contributed by atoms with Crippen molar-refractivity contribution in [2.45, 2.75) is 11.3 Å². The summed E-state index contributed by atoms with van der Waals surface area (Å²) in [6.45, 7) is 0.467. The molecule has 1 aliphatic rings. The van der Waals surface area contributed by atoms with Crippen molar-refractivity contribution >= 4 is 18.7 Å². The lowest BCUT2D eigenvalue weighted by Crippen LogP contribution is -2.53. The van der Waals surface area contributed by atoms with E-state index in [0.717, 1.165) is 5.56 Å². The summed E-state index contributed by atoms with van der Waals surface area (Å²) in [4.78, 5) is 11.9. The van der Waals surface area contributed by atoms with Gasteiger partial charge in [0.2, 0.25) is 0 Å². The third kappa shape index (κ3) is 1.74. The normalized spacial score (nSPS) is 24.7. The van der Waals surface area contributed by atoms with Gasteiger partial charge in [0.15, 0.2) is 0 Å². The maximum Gasteiger partial charge on any atom is 0.408 e. The minimum Gasteiger partial charge on any atom is -0.508 e. The first-order valence-corrected chi connectivity index (χ1v) is 5.08. The van der Waals surface area contributed by atoms with E-state index in [1.54, 1.807) is 24.3 Å². The number of carboxylic acid groups (broad SMARTS) is 1. The van der Waals surface area contributed by atoms with E-state index >= 15 is 0 Å². The van der Waals surface area contributed by atoms with Crippen molar-refractivity contribution in [3.63, 3.8) is 0 Å². The zero-order valence-electron chi connectivity index (χ0n) is 7.87. The number of phenolic OH excluding ortho intramolecular Hbond substituents is 1. The smallest absolute Gasteiger partial charge is 0.408 e. The van der Waals surface area contributed by atoms with Gasteiger partial charge in [0.1, 0.15) is 5.75 Å². The summed E-state index contributed by atoms with van der Waals surface area (Å²) in [7, 11) is 0. The molecule has 2 unspecified atom stereocenters. The number of carbonyl (C=O) groups is 1. The first kappa shape index (κ1) is 10.2. The molecule has 15 heavy (non-hydrogen) atoms. The van der Waals surface area contributed by atoms with Gasteiger partial charge in [-0.2, -0.15) is 12.6 Å². The Bertz CT molecular complexity index is 379. The van der Waals surface area contributed by atoms with E-state index in [0.29, 0.717) is 6.54 Å². The average Bonchev–Trinajstić information content (AvgIpc) is 2.18. The molecule has 0 aromatic heterocycles. The van der Waals surface area contributed by atoms with E-state index < -0.39 is 6.09 Å². The van der Waals surface area contributed by atoms with Gasteiger partial charge >= 0.3 is 6.09 Å². The zero-order valence-corrected chi connectivity index (χ0v) is 8.76. The molecule has 1 aliphatic heterocycles. The summed E-state index contributed by atoms with van der Waals surface area (Å²) in [5.74, 6) is 0.328. The summed E-state index contributed by atoms with van der Waals surface area (Å²) >= 11 is 4.23. The summed E-state index contributed by atoms with van der Waals surface area (Å²) in [5.41, 5.74) is 1.00. The van der Waals surface area contributed by atoms with E-state index in [9.17, 15) is 4.79 Å². The number of amides is 1. The number of rotatable bonds is 1. The van der Waals surface area contributed by atoms with Crippen LogP contribution in [0, 0.1) is 0 Å². The van der Waals surface area contributed by atoms with Crippen molar-refractivity contribution in [3.05, 3.63) is 29.8 Å². The van der Waals surface area contributed by atoms with Crippen LogP contribution in [0.5, 0.6) is 5.75 Å². The number of likely N-dealkylation sites (tertiary alicyclic amines) is 1. The van der Waals surface area contributed by atoms with Crippen LogP contribution < -0.4 is 0 Å². The Morgan fingerprint density at radius 2 is 2.00 bits per heavy atom. The van der Waals surface area contributed by atoms with Crippen molar-refractivity contribution in [1.29, 1.82) is 0 Å². The van der Waals surface area contributed by atoms with Crippen molar-refractivity contribution in [1.82, 2.24) is 4.90 Å². The summed E-state index contributed by atoms with van der Waals surface area (Å²) in [6.07, 6.45) is -0.940. The summed E-state index contributed by atoms with van der Waals surface area (Å²) in [6, 6.07) is 6.78. The number of nitrogens with zero attached hydrogens (tertiary/aromatic N) is 1. The fraction of sp³-hybridized carbons (Fsp3) is 0.300. The maximum absolute atomic E-state index is 10.7. The number of phenols is 1. The lowest BCUT2D eigenvalue weighted by Gasteiger charge is -2.43. The molecule has 1 amide bonds. The molecule has 1 aromatic rings. The molecule has 0 spiro atoms. The lowest BCUT2D eigenvalue weighted by molar-refractivity contribution is 0.0934. The molecule has 1 saturated heterocycles. The third-order valence-corrected chi connectivity index (χ3v) is 3.28.